The molecule has 3 aliphatic heterocycles. The number of cyclic esters (lactones) is 1. The van der Waals surface area contributed by atoms with Crippen molar-refractivity contribution in [1.82, 2.24) is 15.1 Å². The van der Waals surface area contributed by atoms with Crippen LogP contribution in [-0.2, 0) is 14.3 Å². The van der Waals surface area contributed by atoms with Crippen molar-refractivity contribution in [3.63, 3.8) is 0 Å². The fraction of sp³-hybridized carbons (Fsp3) is 0.379. The molecule has 17 heteroatoms. The van der Waals surface area contributed by atoms with Crippen molar-refractivity contribution in [1.29, 1.82) is 0 Å². The minimum absolute atomic E-state index is 0.0210. The van der Waals surface area contributed by atoms with Crippen LogP contribution in [0.2, 0.25) is 0 Å². The van der Waals surface area contributed by atoms with Crippen LogP contribution in [0, 0.1) is 5.82 Å². The molecule has 0 unspecified atom stereocenters. The van der Waals surface area contributed by atoms with Crippen molar-refractivity contribution >= 4 is 64.0 Å². The Balaban J connectivity index is 1.11. The van der Waals surface area contributed by atoms with E-state index in [0.29, 0.717) is 18.8 Å². The first-order chi connectivity index (χ1) is 21.9. The molecule has 5 amide bonds. The summed E-state index contributed by atoms with van der Waals surface area (Å²) in [6.45, 7) is 0.872. The monoisotopic (exact) mass is 661 g/mol. The minimum Gasteiger partial charge on any atom is -0.442 e. The number of carbonyl (C=O) groups excluding carboxylic acids is 5. The number of thiocarbonyl (C=S) groups is 1. The van der Waals surface area contributed by atoms with Crippen molar-refractivity contribution < 1.29 is 41.9 Å². The first-order valence-electron chi connectivity index (χ1n) is 14.3. The lowest BCUT2D eigenvalue weighted by molar-refractivity contribution is -0.131. The Hall–Kier alpha value is -4.93. The van der Waals surface area contributed by atoms with Gasteiger partial charge >= 0.3 is 6.09 Å². The Morgan fingerprint density at radius 3 is 2.41 bits per heavy atom. The first kappa shape index (κ1) is 32.5. The van der Waals surface area contributed by atoms with Gasteiger partial charge in [0.25, 0.3) is 18.2 Å². The second-order valence-corrected chi connectivity index (χ2v) is 11.2. The third kappa shape index (κ3) is 6.98. The number of primary amides is 1. The maximum Gasteiger partial charge on any atom is 0.414 e. The van der Waals surface area contributed by atoms with E-state index in [2.05, 4.69) is 22.9 Å². The van der Waals surface area contributed by atoms with Crippen LogP contribution < -0.4 is 26.2 Å². The van der Waals surface area contributed by atoms with E-state index >= 15 is 4.39 Å². The number of nitrogens with one attached hydrogen (secondary N) is 2. The van der Waals surface area contributed by atoms with Gasteiger partial charge in [-0.1, -0.05) is 12.2 Å². The summed E-state index contributed by atoms with van der Waals surface area (Å²) < 4.78 is 45.6. The summed E-state index contributed by atoms with van der Waals surface area (Å²) >= 11 is 4.52. The fourth-order valence-corrected chi connectivity index (χ4v) is 5.49. The van der Waals surface area contributed by atoms with Gasteiger partial charge in [-0.05, 0) is 36.4 Å². The van der Waals surface area contributed by atoms with Gasteiger partial charge in [-0.15, -0.1) is 0 Å². The second kappa shape index (κ2) is 13.6. The number of halogens is 3. The molecule has 46 heavy (non-hydrogen) atoms. The van der Waals surface area contributed by atoms with E-state index in [1.54, 1.807) is 21.9 Å². The van der Waals surface area contributed by atoms with E-state index in [0.717, 1.165) is 4.90 Å². The third-order valence-electron chi connectivity index (χ3n) is 7.78. The Morgan fingerprint density at radius 2 is 1.74 bits per heavy atom. The number of hydrogen-bond acceptors (Lipinski definition) is 9. The van der Waals surface area contributed by atoms with Gasteiger partial charge in [0, 0.05) is 44.8 Å². The molecular formula is C29H30F3N7O6S. The van der Waals surface area contributed by atoms with Gasteiger partial charge in [0.2, 0.25) is 11.8 Å². The number of rotatable bonds is 11. The molecule has 0 aromatic heterocycles. The Labute approximate surface area is 266 Å². The Kier molecular flexibility index (Phi) is 9.60. The lowest BCUT2D eigenvalue weighted by Crippen LogP contribution is -2.49. The summed E-state index contributed by atoms with van der Waals surface area (Å²) in [5.74, 6) is -2.49. The normalized spacial score (nSPS) is 17.8. The van der Waals surface area contributed by atoms with Crippen molar-refractivity contribution in [3.8, 4) is 0 Å². The predicted octanol–water partition coefficient (Wildman–Crippen LogP) is 1.57. The number of piperazine rings is 1. The molecule has 0 saturated carbocycles. The van der Waals surface area contributed by atoms with E-state index in [1.165, 1.54) is 29.2 Å². The number of nitrogens with zero attached hydrogens (tertiary/aromatic N) is 4. The van der Waals surface area contributed by atoms with Crippen LogP contribution in [0.25, 0.3) is 0 Å². The number of hydrogen-bond donors (Lipinski definition) is 3. The molecule has 5 rings (SSSR count). The van der Waals surface area contributed by atoms with Crippen molar-refractivity contribution in [3.05, 3.63) is 53.3 Å². The lowest BCUT2D eigenvalue weighted by Gasteiger charge is -2.36. The SMILES string of the molecule is NC(=O)CNc1ccc2c(c1)C(=O)N(CCC(=O)N1CCN(c3ccc(N4C[C@H](CNC(=S)C(F)F)OC4=O)cc3F)CC1)C2=O. The molecule has 0 bridgehead atoms. The average molecular weight is 662 g/mol. The van der Waals surface area contributed by atoms with Crippen molar-refractivity contribution in [2.75, 3.05) is 67.5 Å². The summed E-state index contributed by atoms with van der Waals surface area (Å²) in [5.41, 5.74) is 6.48. The molecule has 0 aliphatic carbocycles. The summed E-state index contributed by atoms with van der Waals surface area (Å²) in [7, 11) is 0. The maximum atomic E-state index is 15.2. The number of fused-ring (bicyclic) bond motifs is 1. The number of alkyl halides is 2. The topological polar surface area (TPSA) is 158 Å². The van der Waals surface area contributed by atoms with Crippen LogP contribution in [0.5, 0.6) is 0 Å². The molecule has 2 saturated heterocycles. The molecule has 4 N–H and O–H groups in total. The highest BCUT2D eigenvalue weighted by molar-refractivity contribution is 7.80. The zero-order valence-electron chi connectivity index (χ0n) is 24.3. The van der Waals surface area contributed by atoms with E-state index in [-0.39, 0.29) is 74.1 Å². The van der Waals surface area contributed by atoms with Crippen molar-refractivity contribution in [2.45, 2.75) is 19.0 Å². The van der Waals surface area contributed by atoms with Gasteiger partial charge in [-0.3, -0.25) is 29.0 Å². The number of amides is 5. The van der Waals surface area contributed by atoms with Gasteiger partial charge in [0.1, 0.15) is 16.9 Å². The highest BCUT2D eigenvalue weighted by Crippen LogP contribution is 2.29. The largest absolute Gasteiger partial charge is 0.442 e. The van der Waals surface area contributed by atoms with Crippen LogP contribution in [0.15, 0.2) is 36.4 Å². The van der Waals surface area contributed by atoms with Crippen LogP contribution in [-0.4, -0.2) is 109 Å². The number of nitrogens with two attached hydrogens (primary N) is 1. The summed E-state index contributed by atoms with van der Waals surface area (Å²) in [6.07, 6.45) is -4.40. The molecule has 3 heterocycles. The molecule has 0 spiro atoms. The molecule has 244 valence electrons. The molecule has 1 atom stereocenters. The van der Waals surface area contributed by atoms with Crippen LogP contribution >= 0.6 is 12.2 Å². The molecule has 3 aliphatic rings. The lowest BCUT2D eigenvalue weighted by atomic mass is 10.1. The number of anilines is 3. The molecule has 2 fully saturated rings. The standard InChI is InChI=1S/C29H30F3N7O6S/c30-21-12-17(39-15-18(45-29(39)44)13-35-26(46)25(31)32)2-4-22(21)36-7-9-37(10-8-36)24(41)5-6-38-27(42)19-3-1-16(34-14-23(33)40)11-20(19)28(38)43/h1-4,11-12,18,25,34H,5-10,13-15H2,(H2,33,40)(H,35,46)/t18-/m0/s1. The first-order valence-corrected chi connectivity index (χ1v) is 14.7. The molecular weight excluding hydrogens is 631 g/mol. The second-order valence-electron chi connectivity index (χ2n) is 10.8. The van der Waals surface area contributed by atoms with E-state index < -0.39 is 47.1 Å². The summed E-state index contributed by atoms with van der Waals surface area (Å²) in [4.78, 5) is 66.9. The summed E-state index contributed by atoms with van der Waals surface area (Å²) in [6, 6.07) is 8.76. The molecule has 2 aromatic rings. The van der Waals surface area contributed by atoms with E-state index in [1.807, 2.05) is 0 Å². The van der Waals surface area contributed by atoms with Gasteiger partial charge < -0.3 is 30.9 Å². The fourth-order valence-electron chi connectivity index (χ4n) is 5.41. The van der Waals surface area contributed by atoms with Crippen LogP contribution in [0.4, 0.5) is 35.0 Å². The van der Waals surface area contributed by atoms with E-state index in [4.69, 9.17) is 10.5 Å². The number of benzene rings is 2. The van der Waals surface area contributed by atoms with Crippen LogP contribution in [0.1, 0.15) is 27.1 Å². The summed E-state index contributed by atoms with van der Waals surface area (Å²) in [5, 5.41) is 5.13. The molecule has 2 aromatic carbocycles. The Morgan fingerprint density at radius 1 is 1.02 bits per heavy atom. The van der Waals surface area contributed by atoms with E-state index in [9.17, 15) is 32.8 Å². The third-order valence-corrected chi connectivity index (χ3v) is 8.10. The number of ether oxygens (including phenoxy) is 1. The highest BCUT2D eigenvalue weighted by atomic mass is 32.1. The van der Waals surface area contributed by atoms with Gasteiger partial charge in [-0.2, -0.15) is 0 Å². The zero-order chi connectivity index (χ0) is 33.1. The quantitative estimate of drug-likeness (QED) is 0.239. The average Bonchev–Trinajstić information content (AvgIpc) is 3.52. The van der Waals surface area contributed by atoms with Gasteiger partial charge in [0.05, 0.1) is 42.1 Å². The van der Waals surface area contributed by atoms with Gasteiger partial charge in [0.15, 0.2) is 0 Å². The van der Waals surface area contributed by atoms with Crippen molar-refractivity contribution in [2.24, 2.45) is 5.73 Å². The molecule has 0 radical (unpaired) electrons. The minimum atomic E-state index is -2.83. The molecule has 13 nitrogen and oxygen atoms in total. The Bertz CT molecular complexity index is 1590. The maximum absolute atomic E-state index is 15.2. The predicted molar refractivity (Wildman–Crippen MR) is 164 cm³/mol. The smallest absolute Gasteiger partial charge is 0.414 e. The number of imide groups is 1. The zero-order valence-corrected chi connectivity index (χ0v) is 25.2. The number of carbonyl (C=O) groups is 5. The highest BCUT2D eigenvalue weighted by Gasteiger charge is 2.37. The van der Waals surface area contributed by atoms with Crippen LogP contribution in [0.3, 0.4) is 0 Å². The van der Waals surface area contributed by atoms with Gasteiger partial charge in [-0.25, -0.2) is 18.0 Å².